The van der Waals surface area contributed by atoms with Gasteiger partial charge in [-0.3, -0.25) is 0 Å². The van der Waals surface area contributed by atoms with Crippen LogP contribution in [0.25, 0.3) is 0 Å². The van der Waals surface area contributed by atoms with E-state index in [1.54, 1.807) is 0 Å². The number of ether oxygens (including phenoxy) is 1. The third kappa shape index (κ3) is 3.57. The molecule has 0 aromatic heterocycles. The topological polar surface area (TPSA) is 52.3 Å². The van der Waals surface area contributed by atoms with E-state index in [0.29, 0.717) is 12.5 Å². The van der Waals surface area contributed by atoms with Crippen molar-refractivity contribution < 1.29 is 9.53 Å². The predicted molar refractivity (Wildman–Crippen MR) is 70.9 cm³/mol. The minimum Gasteiger partial charge on any atom is -0.464 e. The van der Waals surface area contributed by atoms with Crippen molar-refractivity contribution in [2.75, 3.05) is 6.61 Å². The maximum Gasteiger partial charge on any atom is 0.327 e. The largest absolute Gasteiger partial charge is 0.464 e. The van der Waals surface area contributed by atoms with Gasteiger partial charge >= 0.3 is 5.97 Å². The number of rotatable bonds is 4. The molecule has 3 heteroatoms. The molecule has 0 heterocycles. The Morgan fingerprint density at radius 1 is 1.22 bits per heavy atom. The first-order valence-electron chi connectivity index (χ1n) is 6.74. The van der Waals surface area contributed by atoms with E-state index in [0.717, 1.165) is 5.56 Å². The van der Waals surface area contributed by atoms with Crippen LogP contribution >= 0.6 is 0 Å². The van der Waals surface area contributed by atoms with E-state index in [-0.39, 0.29) is 5.97 Å². The van der Waals surface area contributed by atoms with Gasteiger partial charge in [-0.15, -0.1) is 0 Å². The number of nitrogens with two attached hydrogens (primary N) is 1. The molecule has 0 bridgehead atoms. The Labute approximate surface area is 108 Å². The van der Waals surface area contributed by atoms with Crippen molar-refractivity contribution in [3.8, 4) is 0 Å². The van der Waals surface area contributed by atoms with E-state index in [4.69, 9.17) is 10.5 Å². The van der Waals surface area contributed by atoms with Gasteiger partial charge in [0.05, 0.1) is 6.61 Å². The molecule has 1 fully saturated rings. The molecular weight excluding hydrogens is 226 g/mol. The highest BCUT2D eigenvalue weighted by atomic mass is 16.5. The molecule has 0 amide bonds. The summed E-state index contributed by atoms with van der Waals surface area (Å²) >= 11 is 0. The average Bonchev–Trinajstić information content (AvgIpc) is 2.46. The number of carbonyl (C=O) groups is 1. The summed E-state index contributed by atoms with van der Waals surface area (Å²) in [5.74, 6) is 0.220. The molecule has 1 aliphatic rings. The predicted octanol–water partition coefficient (Wildman–Crippen LogP) is 2.81. The molecule has 18 heavy (non-hydrogen) atoms. The highest BCUT2D eigenvalue weighted by molar-refractivity contribution is 5.77. The lowest BCUT2D eigenvalue weighted by Gasteiger charge is -2.22. The van der Waals surface area contributed by atoms with Gasteiger partial charge in [0, 0.05) is 0 Å². The molecule has 1 saturated carbocycles. The van der Waals surface area contributed by atoms with Crippen LogP contribution in [0.5, 0.6) is 0 Å². The molecule has 0 saturated heterocycles. The molecule has 2 rings (SSSR count). The van der Waals surface area contributed by atoms with Crippen LogP contribution in [0.4, 0.5) is 0 Å². The zero-order valence-electron chi connectivity index (χ0n) is 10.7. The van der Waals surface area contributed by atoms with E-state index >= 15 is 0 Å². The number of carbonyl (C=O) groups excluding carboxylic acids is 1. The first-order valence-corrected chi connectivity index (χ1v) is 6.74. The fourth-order valence-corrected chi connectivity index (χ4v) is 2.44. The SMILES string of the molecule is NC(C(=O)OCC1CCCCC1)c1ccccc1. The molecule has 1 unspecified atom stereocenters. The molecule has 1 aromatic rings. The van der Waals surface area contributed by atoms with E-state index < -0.39 is 6.04 Å². The van der Waals surface area contributed by atoms with Crippen LogP contribution in [0.3, 0.4) is 0 Å². The third-order valence-electron chi connectivity index (χ3n) is 3.60. The van der Waals surface area contributed by atoms with Crippen molar-refractivity contribution in [1.29, 1.82) is 0 Å². The molecule has 0 aliphatic heterocycles. The van der Waals surface area contributed by atoms with Crippen LogP contribution in [-0.2, 0) is 9.53 Å². The van der Waals surface area contributed by atoms with Crippen molar-refractivity contribution in [3.05, 3.63) is 35.9 Å². The summed E-state index contributed by atoms with van der Waals surface area (Å²) in [7, 11) is 0. The molecule has 0 spiro atoms. The second-order valence-corrected chi connectivity index (χ2v) is 5.02. The quantitative estimate of drug-likeness (QED) is 0.832. The Morgan fingerprint density at radius 3 is 2.56 bits per heavy atom. The Kier molecular flexibility index (Phi) is 4.76. The Bertz CT molecular complexity index is 371. The second-order valence-electron chi connectivity index (χ2n) is 5.02. The summed E-state index contributed by atoms with van der Waals surface area (Å²) in [4.78, 5) is 11.8. The zero-order valence-corrected chi connectivity index (χ0v) is 10.7. The first-order chi connectivity index (χ1) is 8.77. The molecule has 3 nitrogen and oxygen atoms in total. The highest BCUT2D eigenvalue weighted by Crippen LogP contribution is 2.24. The van der Waals surface area contributed by atoms with Gasteiger partial charge in [-0.05, 0) is 24.3 Å². The van der Waals surface area contributed by atoms with Crippen LogP contribution in [0.15, 0.2) is 30.3 Å². The summed E-state index contributed by atoms with van der Waals surface area (Å²) in [5, 5.41) is 0. The molecule has 1 atom stereocenters. The molecule has 0 radical (unpaired) electrons. The van der Waals surface area contributed by atoms with Gasteiger partial charge in [0.1, 0.15) is 6.04 Å². The fourth-order valence-electron chi connectivity index (χ4n) is 2.44. The van der Waals surface area contributed by atoms with Crippen molar-refractivity contribution in [2.24, 2.45) is 11.7 Å². The van der Waals surface area contributed by atoms with E-state index in [2.05, 4.69) is 0 Å². The minimum absolute atomic E-state index is 0.313. The van der Waals surface area contributed by atoms with Gasteiger partial charge in [-0.25, -0.2) is 4.79 Å². The summed E-state index contributed by atoms with van der Waals surface area (Å²) in [6.45, 7) is 0.527. The number of benzene rings is 1. The molecule has 98 valence electrons. The summed E-state index contributed by atoms with van der Waals surface area (Å²) < 4.78 is 5.33. The van der Waals surface area contributed by atoms with Crippen LogP contribution in [0.1, 0.15) is 43.7 Å². The first kappa shape index (κ1) is 13.1. The minimum atomic E-state index is -0.658. The number of hydrogen-bond donors (Lipinski definition) is 1. The van der Waals surface area contributed by atoms with Gasteiger partial charge in [0.2, 0.25) is 0 Å². The summed E-state index contributed by atoms with van der Waals surface area (Å²) in [6.07, 6.45) is 6.18. The summed E-state index contributed by atoms with van der Waals surface area (Å²) in [6, 6.07) is 8.71. The lowest BCUT2D eigenvalue weighted by Crippen LogP contribution is -2.26. The maximum atomic E-state index is 11.8. The smallest absolute Gasteiger partial charge is 0.327 e. The monoisotopic (exact) mass is 247 g/mol. The lowest BCUT2D eigenvalue weighted by atomic mass is 9.90. The molecular formula is C15H21NO2. The molecule has 2 N–H and O–H groups in total. The average molecular weight is 247 g/mol. The van der Waals surface area contributed by atoms with Crippen molar-refractivity contribution in [3.63, 3.8) is 0 Å². The van der Waals surface area contributed by atoms with Gasteiger partial charge in [0.15, 0.2) is 0 Å². The van der Waals surface area contributed by atoms with E-state index in [9.17, 15) is 4.79 Å². The lowest BCUT2D eigenvalue weighted by molar-refractivity contribution is -0.147. The fraction of sp³-hybridized carbons (Fsp3) is 0.533. The van der Waals surface area contributed by atoms with Crippen LogP contribution < -0.4 is 5.73 Å². The van der Waals surface area contributed by atoms with Crippen LogP contribution in [-0.4, -0.2) is 12.6 Å². The highest BCUT2D eigenvalue weighted by Gasteiger charge is 2.20. The molecule has 1 aromatic carbocycles. The standard InChI is InChI=1S/C15H21NO2/c16-14(13-9-5-2-6-10-13)15(17)18-11-12-7-3-1-4-8-12/h2,5-6,9-10,12,14H,1,3-4,7-8,11,16H2. The van der Waals surface area contributed by atoms with Crippen molar-refractivity contribution in [2.45, 2.75) is 38.1 Å². The van der Waals surface area contributed by atoms with Gasteiger partial charge in [-0.1, -0.05) is 49.6 Å². The third-order valence-corrected chi connectivity index (χ3v) is 3.60. The zero-order chi connectivity index (χ0) is 12.8. The van der Waals surface area contributed by atoms with Crippen LogP contribution in [0, 0.1) is 5.92 Å². The second kappa shape index (κ2) is 6.55. The van der Waals surface area contributed by atoms with Crippen molar-refractivity contribution >= 4 is 5.97 Å². The van der Waals surface area contributed by atoms with Gasteiger partial charge < -0.3 is 10.5 Å². The maximum absolute atomic E-state index is 11.8. The van der Waals surface area contributed by atoms with Gasteiger partial charge in [-0.2, -0.15) is 0 Å². The normalized spacial score (nSPS) is 18.3. The van der Waals surface area contributed by atoms with E-state index in [1.807, 2.05) is 30.3 Å². The number of esters is 1. The van der Waals surface area contributed by atoms with E-state index in [1.165, 1.54) is 32.1 Å². The summed E-state index contributed by atoms with van der Waals surface area (Å²) in [5.41, 5.74) is 6.69. The Morgan fingerprint density at radius 2 is 1.89 bits per heavy atom. The van der Waals surface area contributed by atoms with Crippen LogP contribution in [0.2, 0.25) is 0 Å². The molecule has 1 aliphatic carbocycles. The number of hydrogen-bond acceptors (Lipinski definition) is 3. The van der Waals surface area contributed by atoms with Crippen molar-refractivity contribution in [1.82, 2.24) is 0 Å². The Balaban J connectivity index is 1.80. The Hall–Kier alpha value is -1.35. The van der Waals surface area contributed by atoms with Gasteiger partial charge in [0.25, 0.3) is 0 Å².